The van der Waals surface area contributed by atoms with Crippen molar-refractivity contribution < 1.29 is 18.6 Å². The first-order valence-corrected chi connectivity index (χ1v) is 11.1. The molecule has 1 heterocycles. The molecule has 0 radical (unpaired) electrons. The number of nitrogens with one attached hydrogen (secondary N) is 1. The Balaban J connectivity index is 1.56. The van der Waals surface area contributed by atoms with E-state index in [1.54, 1.807) is 12.1 Å². The van der Waals surface area contributed by atoms with Crippen molar-refractivity contribution in [1.29, 1.82) is 0 Å². The van der Waals surface area contributed by atoms with Crippen molar-refractivity contribution >= 4 is 11.6 Å². The van der Waals surface area contributed by atoms with E-state index < -0.39 is 22.7 Å². The fraction of sp³-hybridized carbons (Fsp3) is 0.500. The molecule has 3 nitrogen and oxygen atoms in total. The van der Waals surface area contributed by atoms with Gasteiger partial charge in [0.25, 0.3) is 0 Å². The van der Waals surface area contributed by atoms with Crippen molar-refractivity contribution in [2.24, 2.45) is 5.92 Å². The molecule has 3 atom stereocenters. The zero-order valence-corrected chi connectivity index (χ0v) is 17.5. The number of aliphatic hydroxyl groups is 1. The summed E-state index contributed by atoms with van der Waals surface area (Å²) < 4.78 is 35.4. The van der Waals surface area contributed by atoms with Gasteiger partial charge in [-0.3, -0.25) is 0 Å². The lowest BCUT2D eigenvalue weighted by molar-refractivity contribution is -0.121. The lowest BCUT2D eigenvalue weighted by Crippen LogP contribution is -2.65. The molecule has 0 unspecified atom stereocenters. The molecule has 0 saturated heterocycles. The maximum Gasteiger partial charge on any atom is 0.165 e. The molecule has 2 aromatic rings. The molecule has 0 bridgehead atoms. The first-order chi connectivity index (χ1) is 14.4. The Morgan fingerprint density at radius 2 is 1.80 bits per heavy atom. The second-order valence-electron chi connectivity index (χ2n) is 9.23. The van der Waals surface area contributed by atoms with Gasteiger partial charge < -0.3 is 15.2 Å². The van der Waals surface area contributed by atoms with Crippen molar-refractivity contribution in [2.75, 3.05) is 13.2 Å². The van der Waals surface area contributed by atoms with E-state index in [0.29, 0.717) is 24.3 Å². The molecule has 0 amide bonds. The maximum absolute atomic E-state index is 15.2. The van der Waals surface area contributed by atoms with Crippen LogP contribution in [0.2, 0.25) is 5.02 Å². The molecule has 30 heavy (non-hydrogen) atoms. The average Bonchev–Trinajstić information content (AvgIpc) is 3.55. The molecule has 5 rings (SSSR count). The maximum atomic E-state index is 15.2. The van der Waals surface area contributed by atoms with E-state index in [1.165, 1.54) is 12.8 Å². The first-order valence-electron chi connectivity index (χ1n) is 10.7. The number of fused-ring (bicyclic) bond motifs is 3. The highest BCUT2D eigenvalue weighted by molar-refractivity contribution is 6.30. The van der Waals surface area contributed by atoms with Crippen molar-refractivity contribution in [1.82, 2.24) is 5.32 Å². The van der Waals surface area contributed by atoms with Crippen molar-refractivity contribution in [3.05, 3.63) is 64.2 Å². The fourth-order valence-electron chi connectivity index (χ4n) is 5.35. The van der Waals surface area contributed by atoms with Crippen LogP contribution < -0.4 is 10.1 Å². The zero-order valence-electron chi connectivity index (χ0n) is 16.8. The topological polar surface area (TPSA) is 41.5 Å². The molecule has 160 valence electrons. The summed E-state index contributed by atoms with van der Waals surface area (Å²) in [6.07, 6.45) is 4.69. The van der Waals surface area contributed by atoms with E-state index in [-0.39, 0.29) is 24.0 Å². The van der Waals surface area contributed by atoms with Gasteiger partial charge in [-0.1, -0.05) is 23.7 Å². The van der Waals surface area contributed by atoms with Gasteiger partial charge in [0, 0.05) is 22.0 Å². The minimum absolute atomic E-state index is 0.0461. The molecule has 2 saturated carbocycles. The largest absolute Gasteiger partial charge is 0.487 e. The van der Waals surface area contributed by atoms with Crippen molar-refractivity contribution in [3.63, 3.8) is 0 Å². The normalized spacial score (nSPS) is 30.3. The van der Waals surface area contributed by atoms with Crippen molar-refractivity contribution in [2.45, 2.75) is 55.6 Å². The number of rotatable bonds is 5. The van der Waals surface area contributed by atoms with Crippen LogP contribution in [-0.4, -0.2) is 29.9 Å². The van der Waals surface area contributed by atoms with Crippen LogP contribution in [0.4, 0.5) is 8.78 Å². The standard InChI is InChI=1S/C24H26ClF2NO2/c25-17-5-3-15(4-6-17)11-23-10-9-18(28-13-16-1-2-16)12-24(23,29)14-30-22-20(27)8-7-19(26)21(22)23/h3-8,16,18,28-29H,1-2,9-14H2/t18-,23-,24+/m1/s1. The lowest BCUT2D eigenvalue weighted by Gasteiger charge is -2.55. The summed E-state index contributed by atoms with van der Waals surface area (Å²) in [5.41, 5.74) is -1.16. The summed E-state index contributed by atoms with van der Waals surface area (Å²) in [4.78, 5) is 0. The van der Waals surface area contributed by atoms with Crippen LogP contribution in [0, 0.1) is 17.6 Å². The second kappa shape index (κ2) is 7.47. The zero-order chi connectivity index (χ0) is 20.9. The van der Waals surface area contributed by atoms with E-state index in [9.17, 15) is 9.50 Å². The molecule has 2 N–H and O–H groups in total. The van der Waals surface area contributed by atoms with Gasteiger partial charge in [0.2, 0.25) is 0 Å². The van der Waals surface area contributed by atoms with Gasteiger partial charge in [0.1, 0.15) is 18.0 Å². The minimum Gasteiger partial charge on any atom is -0.487 e. The number of hydrogen-bond acceptors (Lipinski definition) is 3. The Bertz CT molecular complexity index is 949. The molecular weight excluding hydrogens is 408 g/mol. The average molecular weight is 434 g/mol. The van der Waals surface area contributed by atoms with Crippen LogP contribution in [0.15, 0.2) is 36.4 Å². The molecule has 2 aromatic carbocycles. The Hall–Kier alpha value is -1.69. The molecule has 0 spiro atoms. The number of benzene rings is 2. The van der Waals surface area contributed by atoms with E-state index in [4.69, 9.17) is 16.3 Å². The third-order valence-corrected chi connectivity index (χ3v) is 7.45. The summed E-state index contributed by atoms with van der Waals surface area (Å²) >= 11 is 6.04. The highest BCUT2D eigenvalue weighted by atomic mass is 35.5. The van der Waals surface area contributed by atoms with Gasteiger partial charge in [0.15, 0.2) is 11.6 Å². The Labute approximate surface area is 180 Å². The van der Waals surface area contributed by atoms with Crippen LogP contribution in [0.25, 0.3) is 0 Å². The van der Waals surface area contributed by atoms with Crippen LogP contribution in [0.5, 0.6) is 5.75 Å². The third kappa shape index (κ3) is 3.41. The molecule has 1 aliphatic heterocycles. The fourth-order valence-corrected chi connectivity index (χ4v) is 5.47. The van der Waals surface area contributed by atoms with E-state index in [0.717, 1.165) is 36.6 Å². The smallest absolute Gasteiger partial charge is 0.165 e. The summed E-state index contributed by atoms with van der Waals surface area (Å²) in [7, 11) is 0. The molecular formula is C24H26ClF2NO2. The number of halogens is 3. The lowest BCUT2D eigenvalue weighted by atomic mass is 9.55. The predicted molar refractivity (Wildman–Crippen MR) is 112 cm³/mol. The molecule has 2 aliphatic carbocycles. The minimum atomic E-state index is -1.30. The summed E-state index contributed by atoms with van der Waals surface area (Å²) in [5, 5.41) is 16.1. The van der Waals surface area contributed by atoms with Crippen LogP contribution in [0.3, 0.4) is 0 Å². The third-order valence-electron chi connectivity index (χ3n) is 7.20. The second-order valence-corrected chi connectivity index (χ2v) is 9.67. The van der Waals surface area contributed by atoms with E-state index in [2.05, 4.69) is 5.32 Å². The van der Waals surface area contributed by atoms with Gasteiger partial charge in [0.05, 0.1) is 0 Å². The van der Waals surface area contributed by atoms with Crippen LogP contribution in [0.1, 0.15) is 43.2 Å². The van der Waals surface area contributed by atoms with Gasteiger partial charge in [-0.15, -0.1) is 0 Å². The van der Waals surface area contributed by atoms with Gasteiger partial charge in [-0.05, 0) is 80.8 Å². The Morgan fingerprint density at radius 3 is 2.53 bits per heavy atom. The molecule has 2 fully saturated rings. The highest BCUT2D eigenvalue weighted by Crippen LogP contribution is 2.55. The summed E-state index contributed by atoms with van der Waals surface area (Å²) in [6.45, 7) is 0.904. The first kappa shape index (κ1) is 20.2. The Morgan fingerprint density at radius 1 is 1.07 bits per heavy atom. The van der Waals surface area contributed by atoms with Gasteiger partial charge >= 0.3 is 0 Å². The van der Waals surface area contributed by atoms with Crippen LogP contribution >= 0.6 is 11.6 Å². The molecule has 3 aliphatic rings. The van der Waals surface area contributed by atoms with Gasteiger partial charge in [-0.25, -0.2) is 8.78 Å². The quantitative estimate of drug-likeness (QED) is 0.713. The van der Waals surface area contributed by atoms with E-state index in [1.807, 2.05) is 12.1 Å². The van der Waals surface area contributed by atoms with E-state index >= 15 is 4.39 Å². The van der Waals surface area contributed by atoms with Crippen molar-refractivity contribution in [3.8, 4) is 5.75 Å². The van der Waals surface area contributed by atoms with Crippen LogP contribution in [-0.2, 0) is 11.8 Å². The monoisotopic (exact) mass is 433 g/mol. The number of ether oxygens (including phenoxy) is 1. The SMILES string of the molecule is O[C@@]12COc3c(F)ccc(F)c3[C@]1(Cc1ccc(Cl)cc1)CC[C@@H](NCC1CC1)C2. The Kier molecular flexibility index (Phi) is 5.04. The summed E-state index contributed by atoms with van der Waals surface area (Å²) in [5.74, 6) is -0.436. The number of hydrogen-bond donors (Lipinski definition) is 2. The highest BCUT2D eigenvalue weighted by Gasteiger charge is 2.60. The molecule has 6 heteroatoms. The summed E-state index contributed by atoms with van der Waals surface area (Å²) in [6, 6.07) is 9.73. The molecule has 0 aromatic heterocycles. The predicted octanol–water partition coefficient (Wildman–Crippen LogP) is 4.77. The van der Waals surface area contributed by atoms with Gasteiger partial charge in [-0.2, -0.15) is 0 Å².